The van der Waals surface area contributed by atoms with Gasteiger partial charge in [-0.25, -0.2) is 4.39 Å². The lowest BCUT2D eigenvalue weighted by atomic mass is 9.89. The molecule has 2 saturated heterocycles. The van der Waals surface area contributed by atoms with Crippen LogP contribution in [0.1, 0.15) is 48.2 Å². The van der Waals surface area contributed by atoms with Crippen LogP contribution >= 0.6 is 0 Å². The largest absolute Gasteiger partial charge is 0.380 e. The lowest BCUT2D eigenvalue weighted by Gasteiger charge is -2.43. The van der Waals surface area contributed by atoms with Gasteiger partial charge in [-0.3, -0.25) is 14.6 Å². The molecule has 1 aromatic carbocycles. The second-order valence-electron chi connectivity index (χ2n) is 9.42. The monoisotopic (exact) mass is 428 g/mol. The van der Waals surface area contributed by atoms with Crippen molar-refractivity contribution in [1.82, 2.24) is 20.1 Å². The highest BCUT2D eigenvalue weighted by molar-refractivity contribution is 5.99. The minimum atomic E-state index is -0.295. The zero-order chi connectivity index (χ0) is 21.4. The number of halogens is 1. The van der Waals surface area contributed by atoms with Crippen molar-refractivity contribution in [3.05, 3.63) is 35.3 Å². The van der Waals surface area contributed by atoms with Crippen molar-refractivity contribution in [2.75, 3.05) is 39.4 Å². The molecule has 2 aromatic rings. The summed E-state index contributed by atoms with van der Waals surface area (Å²) in [6, 6.07) is 6.14. The van der Waals surface area contributed by atoms with Crippen molar-refractivity contribution in [2.45, 2.75) is 57.2 Å². The molecule has 5 rings (SSSR count). The van der Waals surface area contributed by atoms with E-state index in [1.54, 1.807) is 12.1 Å². The van der Waals surface area contributed by atoms with Crippen molar-refractivity contribution >= 4 is 16.8 Å². The van der Waals surface area contributed by atoms with Crippen LogP contribution in [0.3, 0.4) is 0 Å². The Morgan fingerprint density at radius 2 is 1.90 bits per heavy atom. The van der Waals surface area contributed by atoms with E-state index in [2.05, 4.69) is 20.1 Å². The van der Waals surface area contributed by atoms with Gasteiger partial charge in [0.1, 0.15) is 11.5 Å². The van der Waals surface area contributed by atoms with Gasteiger partial charge in [0, 0.05) is 56.3 Å². The molecule has 0 bridgehead atoms. The molecule has 1 saturated carbocycles. The van der Waals surface area contributed by atoms with Gasteiger partial charge in [-0.15, -0.1) is 0 Å². The van der Waals surface area contributed by atoms with Crippen LogP contribution in [0.5, 0.6) is 0 Å². The number of benzene rings is 1. The highest BCUT2D eigenvalue weighted by atomic mass is 19.1. The summed E-state index contributed by atoms with van der Waals surface area (Å²) in [6.45, 7) is 8.13. The maximum absolute atomic E-state index is 14.1. The lowest BCUT2D eigenvalue weighted by Crippen LogP contribution is -2.55. The molecule has 3 fully saturated rings. The van der Waals surface area contributed by atoms with Crippen LogP contribution in [0.4, 0.5) is 4.39 Å². The Balaban J connectivity index is 1.18. The molecule has 3 atom stereocenters. The summed E-state index contributed by atoms with van der Waals surface area (Å²) in [5.74, 6) is -0.427. The van der Waals surface area contributed by atoms with Gasteiger partial charge in [-0.05, 0) is 56.7 Å². The number of nitrogens with zero attached hydrogens (tertiary/aromatic N) is 2. The topological polar surface area (TPSA) is 60.6 Å². The van der Waals surface area contributed by atoms with Crippen LogP contribution in [0.2, 0.25) is 0 Å². The van der Waals surface area contributed by atoms with Crippen molar-refractivity contribution in [3.63, 3.8) is 0 Å². The molecule has 7 heteroatoms. The molecular formula is C24H33FN4O2. The van der Waals surface area contributed by atoms with E-state index in [1.807, 2.05) is 6.92 Å². The molecule has 0 radical (unpaired) electrons. The molecule has 1 unspecified atom stereocenters. The van der Waals surface area contributed by atoms with Crippen molar-refractivity contribution in [2.24, 2.45) is 0 Å². The van der Waals surface area contributed by atoms with Crippen molar-refractivity contribution < 1.29 is 13.9 Å². The standard InChI is InChI=1S/C24H33FN4O2/c1-16-5-6-21(25)20-14-22(27-23(16)20)24(30)26-17-3-2-4-18(13-17)28-8-10-29(11-9-28)19-7-12-31-15-19/h5-6,14,17-19,27H,2-4,7-13,15H2,1H3,(H,26,30)/t17-,18+,19?/m1/s1. The number of nitrogens with one attached hydrogen (secondary N) is 2. The van der Waals surface area contributed by atoms with E-state index in [9.17, 15) is 9.18 Å². The number of H-pyrrole nitrogens is 1. The average molecular weight is 429 g/mol. The SMILES string of the molecule is Cc1ccc(F)c2cc(C(=O)N[C@@H]3CCC[C@H](N4CCN(C5CCOC5)CC4)C3)[nH]c12. The van der Waals surface area contributed by atoms with Gasteiger partial charge in [0.25, 0.3) is 5.91 Å². The third-order valence-corrected chi connectivity index (χ3v) is 7.46. The molecule has 1 aliphatic carbocycles. The van der Waals surface area contributed by atoms with Gasteiger partial charge in [0.2, 0.25) is 0 Å². The van der Waals surface area contributed by atoms with E-state index in [1.165, 1.54) is 12.5 Å². The summed E-state index contributed by atoms with van der Waals surface area (Å²) in [7, 11) is 0. The first-order chi connectivity index (χ1) is 15.1. The molecule has 1 aromatic heterocycles. The first kappa shape index (κ1) is 20.9. The number of ether oxygens (including phenoxy) is 1. The number of hydrogen-bond acceptors (Lipinski definition) is 4. The summed E-state index contributed by atoms with van der Waals surface area (Å²) in [6.07, 6.45) is 5.50. The van der Waals surface area contributed by atoms with E-state index in [-0.39, 0.29) is 17.8 Å². The van der Waals surface area contributed by atoms with Gasteiger partial charge in [-0.2, -0.15) is 0 Å². The van der Waals surface area contributed by atoms with Crippen LogP contribution in [0.15, 0.2) is 18.2 Å². The minimum absolute atomic E-state index is 0.133. The predicted octanol–water partition coefficient (Wildman–Crippen LogP) is 3.06. The minimum Gasteiger partial charge on any atom is -0.380 e. The Morgan fingerprint density at radius 3 is 2.61 bits per heavy atom. The number of carbonyl (C=O) groups excluding carboxylic acids is 1. The fourth-order valence-corrected chi connectivity index (χ4v) is 5.62. The quantitative estimate of drug-likeness (QED) is 0.786. The molecule has 1 amide bonds. The Bertz CT molecular complexity index is 892. The van der Waals surface area contributed by atoms with Crippen LogP contribution in [-0.4, -0.2) is 78.2 Å². The normalized spacial score (nSPS) is 28.3. The predicted molar refractivity (Wildman–Crippen MR) is 119 cm³/mol. The maximum atomic E-state index is 14.1. The average Bonchev–Trinajstić information content (AvgIpc) is 3.48. The molecule has 31 heavy (non-hydrogen) atoms. The van der Waals surface area contributed by atoms with Crippen LogP contribution in [-0.2, 0) is 4.74 Å². The highest BCUT2D eigenvalue weighted by Gasteiger charge is 2.32. The molecule has 3 heterocycles. The van der Waals surface area contributed by atoms with Crippen molar-refractivity contribution in [3.8, 4) is 0 Å². The molecule has 3 aliphatic rings. The summed E-state index contributed by atoms with van der Waals surface area (Å²) in [5, 5.41) is 3.69. The Morgan fingerprint density at radius 1 is 1.13 bits per heavy atom. The van der Waals surface area contributed by atoms with Crippen LogP contribution in [0.25, 0.3) is 10.9 Å². The number of amides is 1. The van der Waals surface area contributed by atoms with E-state index in [0.29, 0.717) is 28.7 Å². The fourth-order valence-electron chi connectivity index (χ4n) is 5.62. The molecule has 0 spiro atoms. The van der Waals surface area contributed by atoms with Gasteiger partial charge in [0.15, 0.2) is 0 Å². The Kier molecular flexibility index (Phi) is 5.99. The van der Waals surface area contributed by atoms with Gasteiger partial charge in [0.05, 0.1) is 12.1 Å². The second-order valence-corrected chi connectivity index (χ2v) is 9.42. The zero-order valence-corrected chi connectivity index (χ0v) is 18.3. The molecule has 2 aliphatic heterocycles. The summed E-state index contributed by atoms with van der Waals surface area (Å²) < 4.78 is 19.7. The molecule has 6 nitrogen and oxygen atoms in total. The van der Waals surface area contributed by atoms with Crippen LogP contribution < -0.4 is 5.32 Å². The summed E-state index contributed by atoms with van der Waals surface area (Å²) >= 11 is 0. The molecule has 2 N–H and O–H groups in total. The number of carbonyl (C=O) groups is 1. The first-order valence-electron chi connectivity index (χ1n) is 11.7. The number of fused-ring (bicyclic) bond motifs is 1. The van der Waals surface area contributed by atoms with Gasteiger partial charge in [-0.1, -0.05) is 6.07 Å². The summed E-state index contributed by atoms with van der Waals surface area (Å²) in [5.41, 5.74) is 2.09. The van der Waals surface area contributed by atoms with E-state index >= 15 is 0 Å². The Labute approximate surface area is 183 Å². The second kappa shape index (κ2) is 8.88. The van der Waals surface area contributed by atoms with Crippen LogP contribution in [0, 0.1) is 12.7 Å². The van der Waals surface area contributed by atoms with Gasteiger partial charge >= 0.3 is 0 Å². The van der Waals surface area contributed by atoms with E-state index < -0.39 is 0 Å². The van der Waals surface area contributed by atoms with Gasteiger partial charge < -0.3 is 15.0 Å². The number of hydrogen-bond donors (Lipinski definition) is 2. The maximum Gasteiger partial charge on any atom is 0.267 e. The number of piperazine rings is 1. The number of aromatic nitrogens is 1. The molecule has 168 valence electrons. The zero-order valence-electron chi connectivity index (χ0n) is 18.3. The van der Waals surface area contributed by atoms with E-state index in [0.717, 1.165) is 70.6 Å². The summed E-state index contributed by atoms with van der Waals surface area (Å²) in [4.78, 5) is 21.2. The third-order valence-electron chi connectivity index (χ3n) is 7.46. The van der Waals surface area contributed by atoms with Crippen molar-refractivity contribution in [1.29, 1.82) is 0 Å². The highest BCUT2D eigenvalue weighted by Crippen LogP contribution is 2.26. The number of rotatable bonds is 4. The number of aromatic amines is 1. The smallest absolute Gasteiger partial charge is 0.267 e. The fraction of sp³-hybridized carbons (Fsp3) is 0.625. The lowest BCUT2D eigenvalue weighted by molar-refractivity contribution is 0.0466. The Hall–Kier alpha value is -1.96. The third kappa shape index (κ3) is 4.36. The van der Waals surface area contributed by atoms with E-state index in [4.69, 9.17) is 4.74 Å². The first-order valence-corrected chi connectivity index (χ1v) is 11.7. The molecular weight excluding hydrogens is 395 g/mol. The number of aryl methyl sites for hydroxylation is 1.